The van der Waals surface area contributed by atoms with Gasteiger partial charge in [0.25, 0.3) is 0 Å². The second-order valence-electron chi connectivity index (χ2n) is 4.68. The Balaban J connectivity index is 2.23. The lowest BCUT2D eigenvalue weighted by atomic mass is 10.3. The van der Waals surface area contributed by atoms with Gasteiger partial charge in [-0.05, 0) is 12.1 Å². The quantitative estimate of drug-likeness (QED) is 0.209. The molecule has 146 valence electrons. The third-order valence-electron chi connectivity index (χ3n) is 2.88. The van der Waals surface area contributed by atoms with Crippen molar-refractivity contribution in [3.05, 3.63) is 56.6 Å². The van der Waals surface area contributed by atoms with Crippen LogP contribution < -0.4 is 9.47 Å². The third kappa shape index (κ3) is 5.49. The first-order valence-corrected chi connectivity index (χ1v) is 9.05. The van der Waals surface area contributed by atoms with Gasteiger partial charge in [0, 0.05) is 34.1 Å². The van der Waals surface area contributed by atoms with Crippen molar-refractivity contribution in [3.63, 3.8) is 0 Å². The van der Waals surface area contributed by atoms with Crippen molar-refractivity contribution in [2.24, 2.45) is 0 Å². The summed E-state index contributed by atoms with van der Waals surface area (Å²) in [7, 11) is 2.05. The summed E-state index contributed by atoms with van der Waals surface area (Å²) in [5.41, 5.74) is -1.08. The van der Waals surface area contributed by atoms with Crippen LogP contribution in [0.2, 0.25) is 0 Å². The molecule has 28 heavy (non-hydrogen) atoms. The summed E-state index contributed by atoms with van der Waals surface area (Å²) in [6.45, 7) is 0. The van der Waals surface area contributed by atoms with Gasteiger partial charge in [-0.1, -0.05) is 21.6 Å². The molecule has 2 aromatic carbocycles. The van der Waals surface area contributed by atoms with Gasteiger partial charge in [0.15, 0.2) is 0 Å². The summed E-state index contributed by atoms with van der Waals surface area (Å²) in [5.74, 6) is -0.941. The van der Waals surface area contributed by atoms with Crippen LogP contribution in [0.4, 0.5) is 21.0 Å². The van der Waals surface area contributed by atoms with Crippen LogP contribution in [-0.2, 0) is 0 Å². The molecule has 0 unspecified atom stereocenters. The van der Waals surface area contributed by atoms with E-state index in [1.54, 1.807) is 0 Å². The molecule has 0 aliphatic rings. The molecule has 0 amide bonds. The second kappa shape index (κ2) is 8.92. The number of nitro benzene ring substituents is 2. The first-order chi connectivity index (χ1) is 13.2. The van der Waals surface area contributed by atoms with Gasteiger partial charge in [0.1, 0.15) is 0 Å². The van der Waals surface area contributed by atoms with Gasteiger partial charge in [-0.3, -0.25) is 20.2 Å². The fourth-order valence-electron chi connectivity index (χ4n) is 1.84. The largest absolute Gasteiger partial charge is 0.511 e. The number of hydrogen-bond donors (Lipinski definition) is 2. The highest BCUT2D eigenvalue weighted by atomic mass is 33.1. The molecular weight excluding hydrogens is 420 g/mol. The zero-order valence-electron chi connectivity index (χ0n) is 13.3. The Morgan fingerprint density at radius 2 is 1.14 bits per heavy atom. The minimum absolute atomic E-state index is 0.380. The Hall–Kier alpha value is -3.52. The van der Waals surface area contributed by atoms with Gasteiger partial charge in [0.2, 0.25) is 11.5 Å². The maximum atomic E-state index is 10.9. The van der Waals surface area contributed by atoms with E-state index in [-0.39, 0.29) is 0 Å². The van der Waals surface area contributed by atoms with Crippen LogP contribution in [0.25, 0.3) is 0 Å². The first-order valence-electron chi connectivity index (χ1n) is 6.90. The Kier molecular flexibility index (Phi) is 6.62. The van der Waals surface area contributed by atoms with Crippen molar-refractivity contribution < 1.29 is 39.1 Å². The van der Waals surface area contributed by atoms with Crippen molar-refractivity contribution >= 4 is 45.3 Å². The van der Waals surface area contributed by atoms with Crippen LogP contribution in [-0.4, -0.2) is 32.4 Å². The van der Waals surface area contributed by atoms with Crippen LogP contribution in [0.1, 0.15) is 0 Å². The van der Waals surface area contributed by atoms with E-state index in [2.05, 4.69) is 9.47 Å². The number of rotatable bonds is 7. The van der Waals surface area contributed by atoms with Crippen molar-refractivity contribution in [3.8, 4) is 11.5 Å². The molecule has 2 N–H and O–H groups in total. The average molecular weight is 428 g/mol. The molecule has 0 aliphatic carbocycles. The molecule has 14 heteroatoms. The van der Waals surface area contributed by atoms with Crippen LogP contribution >= 0.6 is 21.6 Å². The Bertz CT molecular complexity index is 888. The molecule has 0 spiro atoms. The summed E-state index contributed by atoms with van der Waals surface area (Å²) < 4.78 is 8.79. The average Bonchev–Trinajstić information content (AvgIpc) is 2.58. The number of hydrogen-bond acceptors (Lipinski definition) is 10. The van der Waals surface area contributed by atoms with E-state index in [1.165, 1.54) is 12.1 Å². The van der Waals surface area contributed by atoms with E-state index in [0.29, 0.717) is 9.79 Å². The van der Waals surface area contributed by atoms with E-state index in [0.717, 1.165) is 45.9 Å². The highest BCUT2D eigenvalue weighted by molar-refractivity contribution is 8.76. The monoisotopic (exact) mass is 428 g/mol. The molecule has 0 radical (unpaired) electrons. The van der Waals surface area contributed by atoms with Crippen LogP contribution in [0, 0.1) is 20.2 Å². The van der Waals surface area contributed by atoms with Gasteiger partial charge in [-0.15, -0.1) is 0 Å². The van der Waals surface area contributed by atoms with Crippen molar-refractivity contribution in [1.29, 1.82) is 0 Å². The molecule has 0 saturated carbocycles. The minimum Gasteiger partial charge on any atom is -0.449 e. The topological polar surface area (TPSA) is 179 Å². The molecule has 0 saturated heterocycles. The summed E-state index contributed by atoms with van der Waals surface area (Å²) in [4.78, 5) is 42.3. The smallest absolute Gasteiger partial charge is 0.449 e. The maximum absolute atomic E-state index is 10.9. The van der Waals surface area contributed by atoms with Crippen LogP contribution in [0.5, 0.6) is 11.5 Å². The number of carboxylic acid groups (broad SMARTS) is 2. The van der Waals surface area contributed by atoms with Gasteiger partial charge < -0.3 is 19.7 Å². The van der Waals surface area contributed by atoms with Crippen LogP contribution in [0.15, 0.2) is 46.2 Å². The molecule has 2 aromatic rings. The number of ether oxygens (including phenoxy) is 2. The minimum atomic E-state index is -1.72. The summed E-state index contributed by atoms with van der Waals surface area (Å²) >= 11 is 0. The zero-order chi connectivity index (χ0) is 20.8. The zero-order valence-corrected chi connectivity index (χ0v) is 15.0. The van der Waals surface area contributed by atoms with Gasteiger partial charge in [-0.25, -0.2) is 9.59 Å². The Morgan fingerprint density at radius 1 is 0.786 bits per heavy atom. The lowest BCUT2D eigenvalue weighted by Gasteiger charge is -2.06. The fraction of sp³-hybridized carbons (Fsp3) is 0. The molecule has 0 bridgehead atoms. The standard InChI is InChI=1S/C14H8N2O10S2/c17-13(18)25-11-5-7(1-3-9(11)15(21)22)27-28-8-2-4-10(16(23)24)12(6-8)26-14(19)20/h1-6H,(H,17,18)(H,19,20). The Morgan fingerprint density at radius 3 is 1.43 bits per heavy atom. The van der Waals surface area contributed by atoms with Crippen molar-refractivity contribution in [1.82, 2.24) is 0 Å². The second-order valence-corrected chi connectivity index (χ2v) is 6.95. The molecule has 12 nitrogen and oxygen atoms in total. The van der Waals surface area contributed by atoms with E-state index in [1.807, 2.05) is 0 Å². The molecular formula is C14H8N2O10S2. The predicted molar refractivity (Wildman–Crippen MR) is 95.2 cm³/mol. The fourth-order valence-corrected chi connectivity index (χ4v) is 3.79. The molecule has 2 rings (SSSR count). The Labute approximate surface area is 162 Å². The number of carbonyl (C=O) groups is 2. The molecule has 0 heterocycles. The van der Waals surface area contributed by atoms with Crippen LogP contribution in [0.3, 0.4) is 0 Å². The van der Waals surface area contributed by atoms with E-state index >= 15 is 0 Å². The van der Waals surface area contributed by atoms with E-state index in [9.17, 15) is 29.8 Å². The maximum Gasteiger partial charge on any atom is 0.511 e. The first kappa shape index (κ1) is 20.8. The van der Waals surface area contributed by atoms with Gasteiger partial charge in [-0.2, -0.15) is 0 Å². The number of nitrogens with zero attached hydrogens (tertiary/aromatic N) is 2. The SMILES string of the molecule is O=C(O)Oc1cc(SSc2ccc([N+](=O)[O-])c(OC(=O)O)c2)ccc1[N+](=O)[O-]. The highest BCUT2D eigenvalue weighted by Gasteiger charge is 2.20. The van der Waals surface area contributed by atoms with Crippen molar-refractivity contribution in [2.75, 3.05) is 0 Å². The summed E-state index contributed by atoms with van der Waals surface area (Å²) in [6, 6.07) is 7.12. The molecule has 0 aliphatic heterocycles. The van der Waals surface area contributed by atoms with Crippen molar-refractivity contribution in [2.45, 2.75) is 9.79 Å². The lowest BCUT2D eigenvalue weighted by Crippen LogP contribution is -2.05. The van der Waals surface area contributed by atoms with Gasteiger partial charge in [0.05, 0.1) is 9.85 Å². The highest BCUT2D eigenvalue weighted by Crippen LogP contribution is 2.43. The normalized spacial score (nSPS) is 10.1. The summed E-state index contributed by atoms with van der Waals surface area (Å²) in [6.07, 6.45) is -3.44. The lowest BCUT2D eigenvalue weighted by molar-refractivity contribution is -0.385. The molecule has 0 fully saturated rings. The molecule has 0 atom stereocenters. The number of benzene rings is 2. The predicted octanol–water partition coefficient (Wildman–Crippen LogP) is 4.42. The summed E-state index contributed by atoms with van der Waals surface area (Å²) in [5, 5.41) is 39.2. The third-order valence-corrected chi connectivity index (χ3v) is 5.27. The van der Waals surface area contributed by atoms with E-state index < -0.39 is 45.0 Å². The molecule has 0 aromatic heterocycles. The van der Waals surface area contributed by atoms with E-state index in [4.69, 9.17) is 10.2 Å². The van der Waals surface area contributed by atoms with Gasteiger partial charge >= 0.3 is 23.7 Å². The number of nitro groups is 2.